The van der Waals surface area contributed by atoms with E-state index < -0.39 is 6.04 Å². The van der Waals surface area contributed by atoms with E-state index in [0.29, 0.717) is 63.4 Å². The summed E-state index contributed by atoms with van der Waals surface area (Å²) in [6.45, 7) is 1.86. The van der Waals surface area contributed by atoms with Gasteiger partial charge in [-0.25, -0.2) is 9.59 Å². The summed E-state index contributed by atoms with van der Waals surface area (Å²) in [5.41, 5.74) is 3.11. The zero-order chi connectivity index (χ0) is 29.7. The average molecular weight is 580 g/mol. The normalized spacial score (nSPS) is 15.6. The Morgan fingerprint density at radius 3 is 2.33 bits per heavy atom. The summed E-state index contributed by atoms with van der Waals surface area (Å²) < 4.78 is 10.9. The number of urea groups is 2. The third-order valence-corrected chi connectivity index (χ3v) is 8.07. The average Bonchev–Trinajstić information content (AvgIpc) is 3.02. The minimum atomic E-state index is -0.682. The first-order chi connectivity index (χ1) is 20.5. The minimum absolute atomic E-state index is 0.117. The minimum Gasteiger partial charge on any atom is -0.493 e. The van der Waals surface area contributed by atoms with Crippen molar-refractivity contribution in [3.05, 3.63) is 59.2 Å². The number of benzene rings is 2. The lowest BCUT2D eigenvalue weighted by molar-refractivity contribution is -0.134. The molecule has 1 unspecified atom stereocenters. The molecule has 1 heterocycles. The smallest absolute Gasteiger partial charge is 0.315 e. The van der Waals surface area contributed by atoms with Crippen molar-refractivity contribution in [3.63, 3.8) is 0 Å². The third-order valence-electron chi connectivity index (χ3n) is 8.07. The molecule has 42 heavy (non-hydrogen) atoms. The van der Waals surface area contributed by atoms with E-state index >= 15 is 0 Å². The van der Waals surface area contributed by atoms with Crippen molar-refractivity contribution < 1.29 is 23.9 Å². The summed E-state index contributed by atoms with van der Waals surface area (Å²) in [6.07, 6.45) is 8.18. The van der Waals surface area contributed by atoms with Crippen LogP contribution in [-0.4, -0.2) is 62.3 Å². The van der Waals surface area contributed by atoms with Gasteiger partial charge in [0.2, 0.25) is 5.91 Å². The third kappa shape index (κ3) is 9.03. The second-order valence-electron chi connectivity index (χ2n) is 11.1. The number of nitrogens with one attached hydrogen (secondary N) is 4. The van der Waals surface area contributed by atoms with Crippen LogP contribution in [0.1, 0.15) is 68.1 Å². The molecule has 10 heteroatoms. The Morgan fingerprint density at radius 1 is 0.905 bits per heavy atom. The molecule has 2 aliphatic rings. The maximum atomic E-state index is 13.7. The summed E-state index contributed by atoms with van der Waals surface area (Å²) in [6, 6.07) is 12.6. The van der Waals surface area contributed by atoms with Crippen molar-refractivity contribution in [3.8, 4) is 11.5 Å². The van der Waals surface area contributed by atoms with Gasteiger partial charge < -0.3 is 35.6 Å². The quantitative estimate of drug-likeness (QED) is 0.280. The first-order valence-corrected chi connectivity index (χ1v) is 15.1. The van der Waals surface area contributed by atoms with E-state index in [1.54, 1.807) is 19.1 Å². The molecule has 4 rings (SSSR count). The number of ether oxygens (including phenoxy) is 2. The molecule has 1 fully saturated rings. The number of hydrogen-bond donors (Lipinski definition) is 4. The van der Waals surface area contributed by atoms with Crippen LogP contribution in [-0.2, 0) is 24.3 Å². The van der Waals surface area contributed by atoms with Gasteiger partial charge in [0.25, 0.3) is 0 Å². The highest BCUT2D eigenvalue weighted by molar-refractivity contribution is 5.87. The molecule has 0 spiro atoms. The molecule has 4 N–H and O–H groups in total. The first-order valence-electron chi connectivity index (χ1n) is 15.1. The summed E-state index contributed by atoms with van der Waals surface area (Å²) >= 11 is 0. The van der Waals surface area contributed by atoms with E-state index in [4.69, 9.17) is 9.47 Å². The molecule has 228 valence electrons. The monoisotopic (exact) mass is 579 g/mol. The Morgan fingerprint density at radius 2 is 1.62 bits per heavy atom. The lowest BCUT2D eigenvalue weighted by atomic mass is 9.96. The van der Waals surface area contributed by atoms with Crippen LogP contribution in [0.2, 0.25) is 0 Å². The van der Waals surface area contributed by atoms with Gasteiger partial charge in [0, 0.05) is 32.2 Å². The Balaban J connectivity index is 1.32. The van der Waals surface area contributed by atoms with Crippen LogP contribution in [0, 0.1) is 0 Å². The zero-order valence-corrected chi connectivity index (χ0v) is 24.9. The van der Waals surface area contributed by atoms with Gasteiger partial charge in [0.1, 0.15) is 6.04 Å². The number of methoxy groups -OCH3 is 2. The number of amides is 5. The molecule has 0 saturated heterocycles. The second kappa shape index (κ2) is 15.9. The number of fused-ring (bicyclic) bond motifs is 1. The lowest BCUT2D eigenvalue weighted by Crippen LogP contribution is -2.52. The summed E-state index contributed by atoms with van der Waals surface area (Å²) in [5.74, 6) is 1.18. The van der Waals surface area contributed by atoms with Crippen molar-refractivity contribution in [1.82, 2.24) is 26.2 Å². The number of hydrogen-bond acceptors (Lipinski definition) is 5. The Hall–Kier alpha value is -3.95. The van der Waals surface area contributed by atoms with Gasteiger partial charge in [-0.05, 0) is 67.3 Å². The second-order valence-corrected chi connectivity index (χ2v) is 11.1. The van der Waals surface area contributed by atoms with Crippen molar-refractivity contribution >= 4 is 18.0 Å². The van der Waals surface area contributed by atoms with E-state index in [1.165, 1.54) is 6.42 Å². The molecular formula is C32H45N5O5. The predicted molar refractivity (Wildman–Crippen MR) is 162 cm³/mol. The molecule has 2 aromatic rings. The summed E-state index contributed by atoms with van der Waals surface area (Å²) in [7, 11) is 3.21. The molecule has 1 saturated carbocycles. The topological polar surface area (TPSA) is 121 Å². The van der Waals surface area contributed by atoms with Gasteiger partial charge in [0.05, 0.1) is 14.2 Å². The molecule has 0 aromatic heterocycles. The molecule has 1 aliphatic heterocycles. The fraction of sp³-hybridized carbons (Fsp3) is 0.531. The number of rotatable bonds is 12. The van der Waals surface area contributed by atoms with Crippen LogP contribution < -0.4 is 30.7 Å². The van der Waals surface area contributed by atoms with Gasteiger partial charge in [-0.3, -0.25) is 4.79 Å². The molecule has 10 nitrogen and oxygen atoms in total. The molecule has 1 aliphatic carbocycles. The van der Waals surface area contributed by atoms with Crippen molar-refractivity contribution in [1.29, 1.82) is 0 Å². The molecule has 1 atom stereocenters. The molecule has 0 radical (unpaired) electrons. The van der Waals surface area contributed by atoms with E-state index in [0.717, 1.165) is 42.4 Å². The Bertz CT molecular complexity index is 1190. The van der Waals surface area contributed by atoms with Crippen LogP contribution in [0.15, 0.2) is 42.5 Å². The standard InChI is InChI=1S/C32H45N5O5/c1-41-28-19-24-16-18-37(22-25(24)20-29(28)42-2)30(38)27(36-32(40)34-21-23-11-5-3-6-12-23)15-9-10-17-33-31(39)35-26-13-7-4-8-14-26/h3,5-6,11-12,19-20,26-27H,4,7-10,13-18,21-22H2,1-2H3,(H2,33,35,39)(H2,34,36,40). The van der Waals surface area contributed by atoms with Gasteiger partial charge in [-0.15, -0.1) is 0 Å². The van der Waals surface area contributed by atoms with E-state index in [9.17, 15) is 14.4 Å². The van der Waals surface area contributed by atoms with E-state index in [2.05, 4.69) is 21.3 Å². The summed E-state index contributed by atoms with van der Waals surface area (Å²) in [5, 5.41) is 11.8. The SMILES string of the molecule is COc1cc2c(cc1OC)CN(C(=O)C(CCCCNC(=O)NC1CCCCC1)NC(=O)NCc1ccccc1)CC2. The molecule has 5 amide bonds. The van der Waals surface area contributed by atoms with Gasteiger partial charge in [-0.1, -0.05) is 49.6 Å². The summed E-state index contributed by atoms with van der Waals surface area (Å²) in [4.78, 5) is 40.7. The maximum Gasteiger partial charge on any atom is 0.315 e. The zero-order valence-electron chi connectivity index (χ0n) is 24.9. The Kier molecular flexibility index (Phi) is 11.7. The van der Waals surface area contributed by atoms with Crippen molar-refractivity contribution in [2.45, 2.75) is 83.0 Å². The fourth-order valence-electron chi connectivity index (χ4n) is 5.70. The van der Waals surface area contributed by atoms with E-state index in [1.807, 2.05) is 42.5 Å². The fourth-order valence-corrected chi connectivity index (χ4v) is 5.70. The predicted octanol–water partition coefficient (Wildman–Crippen LogP) is 4.26. The molecule has 2 aromatic carbocycles. The van der Waals surface area contributed by atoms with Crippen LogP contribution in [0.5, 0.6) is 11.5 Å². The highest BCUT2D eigenvalue weighted by Gasteiger charge is 2.29. The largest absolute Gasteiger partial charge is 0.493 e. The van der Waals surface area contributed by atoms with E-state index in [-0.39, 0.29) is 24.0 Å². The first kappa shape index (κ1) is 31.0. The number of unbranched alkanes of at least 4 members (excludes halogenated alkanes) is 1. The number of nitrogens with zero attached hydrogens (tertiary/aromatic N) is 1. The number of carbonyl (C=O) groups excluding carboxylic acids is 3. The lowest BCUT2D eigenvalue weighted by Gasteiger charge is -2.32. The highest BCUT2D eigenvalue weighted by atomic mass is 16.5. The molecular weight excluding hydrogens is 534 g/mol. The van der Waals surface area contributed by atoms with Crippen LogP contribution >= 0.6 is 0 Å². The van der Waals surface area contributed by atoms with Crippen molar-refractivity contribution in [2.75, 3.05) is 27.3 Å². The highest BCUT2D eigenvalue weighted by Crippen LogP contribution is 2.33. The maximum absolute atomic E-state index is 13.7. The van der Waals surface area contributed by atoms with Gasteiger partial charge in [0.15, 0.2) is 11.5 Å². The Labute approximate surface area is 248 Å². The van der Waals surface area contributed by atoms with Crippen LogP contribution in [0.25, 0.3) is 0 Å². The van der Waals surface area contributed by atoms with Gasteiger partial charge >= 0.3 is 12.1 Å². The van der Waals surface area contributed by atoms with Crippen LogP contribution in [0.3, 0.4) is 0 Å². The van der Waals surface area contributed by atoms with Crippen molar-refractivity contribution in [2.24, 2.45) is 0 Å². The van der Waals surface area contributed by atoms with Gasteiger partial charge in [-0.2, -0.15) is 0 Å². The van der Waals surface area contributed by atoms with Crippen LogP contribution in [0.4, 0.5) is 9.59 Å². The molecule has 0 bridgehead atoms. The number of carbonyl (C=O) groups is 3.